The third-order valence-corrected chi connectivity index (χ3v) is 2.89. The van der Waals surface area contributed by atoms with Crippen LogP contribution in [-0.4, -0.2) is 10.8 Å². The molecule has 3 nitrogen and oxygen atoms in total. The number of amidine groups is 1. The standard InChI is InChI=1S/C15H17N3/c1-11-3-2-4-12(9-11)5-6-13-7-8-14(15(16)17)18-10-13/h2-4,7-10H,5-6H2,1H3,(H3,16,17). The van der Waals surface area contributed by atoms with Gasteiger partial charge in [-0.05, 0) is 37.0 Å². The van der Waals surface area contributed by atoms with E-state index in [1.54, 1.807) is 12.3 Å². The van der Waals surface area contributed by atoms with Crippen molar-refractivity contribution in [2.24, 2.45) is 5.73 Å². The maximum Gasteiger partial charge on any atom is 0.141 e. The summed E-state index contributed by atoms with van der Waals surface area (Å²) in [6.45, 7) is 2.10. The molecule has 2 rings (SSSR count). The molecule has 0 radical (unpaired) electrons. The Bertz CT molecular complexity index is 544. The zero-order valence-electron chi connectivity index (χ0n) is 10.5. The van der Waals surface area contributed by atoms with Crippen LogP contribution in [0.4, 0.5) is 0 Å². The first-order valence-electron chi connectivity index (χ1n) is 6.00. The van der Waals surface area contributed by atoms with Gasteiger partial charge < -0.3 is 5.73 Å². The maximum absolute atomic E-state index is 7.28. The van der Waals surface area contributed by atoms with Gasteiger partial charge in [0.15, 0.2) is 0 Å². The van der Waals surface area contributed by atoms with E-state index in [1.807, 2.05) is 6.07 Å². The summed E-state index contributed by atoms with van der Waals surface area (Å²) < 4.78 is 0. The van der Waals surface area contributed by atoms with Crippen molar-refractivity contribution in [1.82, 2.24) is 4.98 Å². The third-order valence-electron chi connectivity index (χ3n) is 2.89. The summed E-state index contributed by atoms with van der Waals surface area (Å²) in [5.41, 5.74) is 9.70. The Kier molecular flexibility index (Phi) is 3.72. The summed E-state index contributed by atoms with van der Waals surface area (Å²) >= 11 is 0. The quantitative estimate of drug-likeness (QED) is 0.636. The van der Waals surface area contributed by atoms with Gasteiger partial charge >= 0.3 is 0 Å². The Morgan fingerprint density at radius 1 is 1.17 bits per heavy atom. The molecular formula is C15H17N3. The molecule has 0 unspecified atom stereocenters. The summed E-state index contributed by atoms with van der Waals surface area (Å²) in [7, 11) is 0. The number of aryl methyl sites for hydroxylation is 3. The van der Waals surface area contributed by atoms with Crippen molar-refractivity contribution in [2.75, 3.05) is 0 Å². The lowest BCUT2D eigenvalue weighted by atomic mass is 10.0. The second-order valence-corrected chi connectivity index (χ2v) is 4.45. The van der Waals surface area contributed by atoms with Crippen LogP contribution in [0.5, 0.6) is 0 Å². The van der Waals surface area contributed by atoms with Crippen LogP contribution in [0.25, 0.3) is 0 Å². The van der Waals surface area contributed by atoms with E-state index >= 15 is 0 Å². The molecule has 0 spiro atoms. The van der Waals surface area contributed by atoms with Crippen molar-refractivity contribution in [1.29, 1.82) is 5.41 Å². The minimum atomic E-state index is 0.0141. The number of aromatic nitrogens is 1. The normalized spacial score (nSPS) is 10.3. The molecule has 0 saturated carbocycles. The van der Waals surface area contributed by atoms with Crippen molar-refractivity contribution < 1.29 is 0 Å². The van der Waals surface area contributed by atoms with Gasteiger partial charge in [0.05, 0.1) is 0 Å². The molecule has 3 heteroatoms. The van der Waals surface area contributed by atoms with Crippen LogP contribution >= 0.6 is 0 Å². The van der Waals surface area contributed by atoms with Gasteiger partial charge in [-0.3, -0.25) is 10.4 Å². The highest BCUT2D eigenvalue weighted by Gasteiger charge is 2.00. The molecule has 2 aromatic rings. The van der Waals surface area contributed by atoms with Gasteiger partial charge in [0.2, 0.25) is 0 Å². The maximum atomic E-state index is 7.28. The van der Waals surface area contributed by atoms with Gasteiger partial charge in [0, 0.05) is 6.20 Å². The molecule has 0 amide bonds. The van der Waals surface area contributed by atoms with Gasteiger partial charge in [-0.25, -0.2) is 0 Å². The zero-order chi connectivity index (χ0) is 13.0. The summed E-state index contributed by atoms with van der Waals surface area (Å²) in [4.78, 5) is 4.16. The van der Waals surface area contributed by atoms with Crippen molar-refractivity contribution in [3.8, 4) is 0 Å². The number of hydrogen-bond donors (Lipinski definition) is 2. The average Bonchev–Trinajstić information content (AvgIpc) is 2.37. The Morgan fingerprint density at radius 2 is 1.94 bits per heavy atom. The van der Waals surface area contributed by atoms with Crippen LogP contribution in [0.1, 0.15) is 22.4 Å². The summed E-state index contributed by atoms with van der Waals surface area (Å²) in [5, 5.41) is 7.28. The number of nitrogens with two attached hydrogens (primary N) is 1. The number of benzene rings is 1. The predicted molar refractivity (Wildman–Crippen MR) is 73.8 cm³/mol. The molecule has 3 N–H and O–H groups in total. The first-order chi connectivity index (χ1) is 8.65. The largest absolute Gasteiger partial charge is 0.382 e. The molecule has 0 fully saturated rings. The van der Waals surface area contributed by atoms with Crippen LogP contribution in [0.3, 0.4) is 0 Å². The Labute approximate surface area is 107 Å². The smallest absolute Gasteiger partial charge is 0.141 e. The predicted octanol–water partition coefficient (Wildman–Crippen LogP) is 2.46. The van der Waals surface area contributed by atoms with Gasteiger partial charge in [-0.2, -0.15) is 0 Å². The highest BCUT2D eigenvalue weighted by Crippen LogP contribution is 2.09. The lowest BCUT2D eigenvalue weighted by Crippen LogP contribution is -2.12. The topological polar surface area (TPSA) is 62.8 Å². The van der Waals surface area contributed by atoms with E-state index in [0.717, 1.165) is 12.8 Å². The minimum absolute atomic E-state index is 0.0141. The van der Waals surface area contributed by atoms with E-state index in [1.165, 1.54) is 16.7 Å². The number of hydrogen-bond acceptors (Lipinski definition) is 2. The molecule has 92 valence electrons. The number of nitrogen functional groups attached to an aromatic ring is 1. The molecule has 0 atom stereocenters. The van der Waals surface area contributed by atoms with Crippen LogP contribution in [0, 0.1) is 12.3 Å². The van der Waals surface area contributed by atoms with E-state index in [9.17, 15) is 0 Å². The molecule has 18 heavy (non-hydrogen) atoms. The third kappa shape index (κ3) is 3.17. The lowest BCUT2D eigenvalue weighted by molar-refractivity contribution is 0.946. The van der Waals surface area contributed by atoms with Crippen LogP contribution in [-0.2, 0) is 12.8 Å². The SMILES string of the molecule is Cc1cccc(CCc2ccc(C(=N)N)nc2)c1. The molecule has 1 heterocycles. The highest BCUT2D eigenvalue weighted by atomic mass is 14.8. The molecular weight excluding hydrogens is 222 g/mol. The molecule has 0 aliphatic heterocycles. The van der Waals surface area contributed by atoms with Crippen molar-refractivity contribution in [3.63, 3.8) is 0 Å². The van der Waals surface area contributed by atoms with E-state index in [0.29, 0.717) is 5.69 Å². The zero-order valence-corrected chi connectivity index (χ0v) is 10.5. The fourth-order valence-electron chi connectivity index (χ4n) is 1.89. The van der Waals surface area contributed by atoms with Gasteiger partial charge in [0.25, 0.3) is 0 Å². The van der Waals surface area contributed by atoms with Gasteiger partial charge in [-0.1, -0.05) is 35.9 Å². The first kappa shape index (κ1) is 12.3. The number of pyridine rings is 1. The molecule has 0 aliphatic carbocycles. The van der Waals surface area contributed by atoms with Crippen molar-refractivity contribution in [2.45, 2.75) is 19.8 Å². The Hall–Kier alpha value is -2.16. The van der Waals surface area contributed by atoms with Gasteiger partial charge in [0.1, 0.15) is 11.5 Å². The summed E-state index contributed by atoms with van der Waals surface area (Å²) in [5.74, 6) is 0.0141. The Balaban J connectivity index is 2.00. The second-order valence-electron chi connectivity index (χ2n) is 4.45. The fourth-order valence-corrected chi connectivity index (χ4v) is 1.89. The minimum Gasteiger partial charge on any atom is -0.382 e. The lowest BCUT2D eigenvalue weighted by Gasteiger charge is -2.04. The van der Waals surface area contributed by atoms with Crippen LogP contribution < -0.4 is 5.73 Å². The number of rotatable bonds is 4. The average molecular weight is 239 g/mol. The molecule has 0 bridgehead atoms. The highest BCUT2D eigenvalue weighted by molar-refractivity contribution is 5.92. The van der Waals surface area contributed by atoms with Crippen LogP contribution in [0.15, 0.2) is 42.6 Å². The molecule has 0 aliphatic rings. The summed E-state index contributed by atoms with van der Waals surface area (Å²) in [6, 6.07) is 12.3. The molecule has 0 saturated heterocycles. The number of nitrogens with zero attached hydrogens (tertiary/aromatic N) is 1. The van der Waals surface area contributed by atoms with E-state index in [2.05, 4.69) is 36.2 Å². The van der Waals surface area contributed by atoms with E-state index in [-0.39, 0.29) is 5.84 Å². The first-order valence-corrected chi connectivity index (χ1v) is 6.00. The monoisotopic (exact) mass is 239 g/mol. The van der Waals surface area contributed by atoms with Crippen molar-refractivity contribution >= 4 is 5.84 Å². The van der Waals surface area contributed by atoms with E-state index < -0.39 is 0 Å². The fraction of sp³-hybridized carbons (Fsp3) is 0.200. The molecule has 1 aromatic heterocycles. The number of nitrogens with one attached hydrogen (secondary N) is 1. The Morgan fingerprint density at radius 3 is 2.56 bits per heavy atom. The van der Waals surface area contributed by atoms with Crippen LogP contribution in [0.2, 0.25) is 0 Å². The van der Waals surface area contributed by atoms with Crippen molar-refractivity contribution in [3.05, 3.63) is 65.0 Å². The van der Waals surface area contributed by atoms with E-state index in [4.69, 9.17) is 11.1 Å². The second kappa shape index (κ2) is 5.45. The molecule has 1 aromatic carbocycles. The summed E-state index contributed by atoms with van der Waals surface area (Å²) in [6.07, 6.45) is 3.75. The van der Waals surface area contributed by atoms with Gasteiger partial charge in [-0.15, -0.1) is 0 Å².